The number of amides is 1. The molecule has 0 aromatic heterocycles. The lowest BCUT2D eigenvalue weighted by Crippen LogP contribution is -2.41. The van der Waals surface area contributed by atoms with Gasteiger partial charge < -0.3 is 15.2 Å². The Morgan fingerprint density at radius 1 is 1.33 bits per heavy atom. The Balaban J connectivity index is 2.77. The van der Waals surface area contributed by atoms with Gasteiger partial charge in [0.15, 0.2) is 0 Å². The predicted molar refractivity (Wildman–Crippen MR) is 70.9 cm³/mol. The van der Waals surface area contributed by atoms with Crippen LogP contribution >= 0.6 is 0 Å². The average molecular weight is 305 g/mol. The van der Waals surface area contributed by atoms with Gasteiger partial charge in [-0.05, 0) is 19.1 Å². The molecule has 1 amide bonds. The SMILES string of the molecule is COCCC(C)(O)CNC(=O)c1ccccc1C(F)(F)F. The van der Waals surface area contributed by atoms with Crippen LogP contribution in [0.3, 0.4) is 0 Å². The van der Waals surface area contributed by atoms with Crippen molar-refractivity contribution in [2.75, 3.05) is 20.3 Å². The van der Waals surface area contributed by atoms with Crippen molar-refractivity contribution in [3.63, 3.8) is 0 Å². The van der Waals surface area contributed by atoms with Crippen LogP contribution in [0.25, 0.3) is 0 Å². The van der Waals surface area contributed by atoms with Gasteiger partial charge in [-0.1, -0.05) is 12.1 Å². The molecule has 1 rings (SSSR count). The molecule has 7 heteroatoms. The van der Waals surface area contributed by atoms with Crippen molar-refractivity contribution in [3.8, 4) is 0 Å². The van der Waals surface area contributed by atoms with E-state index >= 15 is 0 Å². The largest absolute Gasteiger partial charge is 0.417 e. The number of rotatable bonds is 6. The first-order valence-electron chi connectivity index (χ1n) is 6.33. The lowest BCUT2D eigenvalue weighted by molar-refractivity contribution is -0.137. The molecule has 2 N–H and O–H groups in total. The molecule has 0 bridgehead atoms. The van der Waals surface area contributed by atoms with Gasteiger partial charge >= 0.3 is 6.18 Å². The standard InChI is InChI=1S/C14H18F3NO3/c1-13(20,7-8-21-2)9-18-12(19)10-5-3-4-6-11(10)14(15,16)17/h3-6,20H,7-9H2,1-2H3,(H,18,19). The number of hydrogen-bond acceptors (Lipinski definition) is 3. The van der Waals surface area contributed by atoms with Crippen molar-refractivity contribution in [3.05, 3.63) is 35.4 Å². The summed E-state index contributed by atoms with van der Waals surface area (Å²) in [6.45, 7) is 1.59. The van der Waals surface area contributed by atoms with Crippen molar-refractivity contribution in [1.29, 1.82) is 0 Å². The highest BCUT2D eigenvalue weighted by Gasteiger charge is 2.35. The van der Waals surface area contributed by atoms with Gasteiger partial charge in [-0.3, -0.25) is 4.79 Å². The summed E-state index contributed by atoms with van der Waals surface area (Å²) >= 11 is 0. The van der Waals surface area contributed by atoms with Gasteiger partial charge in [-0.2, -0.15) is 13.2 Å². The van der Waals surface area contributed by atoms with Crippen LogP contribution in [-0.4, -0.2) is 36.9 Å². The van der Waals surface area contributed by atoms with E-state index < -0.39 is 28.8 Å². The second-order valence-electron chi connectivity index (χ2n) is 4.97. The van der Waals surface area contributed by atoms with Crippen LogP contribution < -0.4 is 5.32 Å². The number of aliphatic hydroxyl groups is 1. The lowest BCUT2D eigenvalue weighted by Gasteiger charge is -2.23. The van der Waals surface area contributed by atoms with Crippen LogP contribution in [0.4, 0.5) is 13.2 Å². The normalized spacial score (nSPS) is 14.6. The summed E-state index contributed by atoms with van der Waals surface area (Å²) in [5, 5.41) is 12.3. The predicted octanol–water partition coefficient (Wildman–Crippen LogP) is 2.22. The summed E-state index contributed by atoms with van der Waals surface area (Å²) < 4.78 is 43.2. The first-order chi connectivity index (χ1) is 9.67. The minimum atomic E-state index is -4.60. The number of hydrogen-bond donors (Lipinski definition) is 2. The van der Waals surface area contributed by atoms with Crippen molar-refractivity contribution in [1.82, 2.24) is 5.32 Å². The molecule has 1 aromatic carbocycles. The van der Waals surface area contributed by atoms with E-state index in [0.717, 1.165) is 12.1 Å². The number of alkyl halides is 3. The van der Waals surface area contributed by atoms with Gasteiger partial charge in [0.25, 0.3) is 5.91 Å². The third kappa shape index (κ3) is 5.35. The molecule has 0 spiro atoms. The summed E-state index contributed by atoms with van der Waals surface area (Å²) in [4.78, 5) is 11.9. The zero-order valence-electron chi connectivity index (χ0n) is 11.8. The molecule has 1 unspecified atom stereocenters. The third-order valence-electron chi connectivity index (χ3n) is 2.95. The van der Waals surface area contributed by atoms with E-state index in [-0.39, 0.29) is 19.6 Å². The number of ether oxygens (including phenoxy) is 1. The van der Waals surface area contributed by atoms with E-state index in [0.29, 0.717) is 0 Å². The number of carbonyl (C=O) groups excluding carboxylic acids is 1. The van der Waals surface area contributed by atoms with E-state index in [1.54, 1.807) is 0 Å². The maximum absolute atomic E-state index is 12.8. The van der Waals surface area contributed by atoms with Crippen molar-refractivity contribution >= 4 is 5.91 Å². The molecule has 1 atom stereocenters. The van der Waals surface area contributed by atoms with Crippen molar-refractivity contribution < 1.29 is 27.8 Å². The molecule has 4 nitrogen and oxygen atoms in total. The second-order valence-corrected chi connectivity index (χ2v) is 4.97. The Hall–Kier alpha value is -1.60. The molecule has 0 saturated carbocycles. The Kier molecular flexibility index (Phi) is 5.74. The molecular formula is C14H18F3NO3. The third-order valence-corrected chi connectivity index (χ3v) is 2.95. The number of nitrogens with one attached hydrogen (secondary N) is 1. The summed E-state index contributed by atoms with van der Waals surface area (Å²) in [6, 6.07) is 4.52. The van der Waals surface area contributed by atoms with Crippen LogP contribution in [-0.2, 0) is 10.9 Å². The Morgan fingerprint density at radius 2 is 1.95 bits per heavy atom. The second kappa shape index (κ2) is 6.91. The topological polar surface area (TPSA) is 58.6 Å². The van der Waals surface area contributed by atoms with Gasteiger partial charge in [0.05, 0.1) is 16.7 Å². The highest BCUT2D eigenvalue weighted by atomic mass is 19.4. The smallest absolute Gasteiger partial charge is 0.388 e. The fraction of sp³-hybridized carbons (Fsp3) is 0.500. The molecule has 0 aliphatic carbocycles. The molecule has 118 valence electrons. The van der Waals surface area contributed by atoms with Gasteiger partial charge in [0.2, 0.25) is 0 Å². The Labute approximate surface area is 120 Å². The molecule has 1 aromatic rings. The summed E-state index contributed by atoms with van der Waals surface area (Å²) in [5.41, 5.74) is -2.72. The fourth-order valence-corrected chi connectivity index (χ4v) is 1.70. The average Bonchev–Trinajstić information content (AvgIpc) is 2.42. The van der Waals surface area contributed by atoms with Crippen LogP contribution in [0, 0.1) is 0 Å². The van der Waals surface area contributed by atoms with E-state index in [1.807, 2.05) is 0 Å². The summed E-state index contributed by atoms with van der Waals surface area (Å²) in [5.74, 6) is -0.874. The minimum Gasteiger partial charge on any atom is -0.388 e. The van der Waals surface area contributed by atoms with E-state index in [1.165, 1.54) is 26.2 Å². The van der Waals surface area contributed by atoms with Crippen LogP contribution in [0.1, 0.15) is 29.3 Å². The molecule has 0 aliphatic rings. The van der Waals surface area contributed by atoms with Crippen molar-refractivity contribution in [2.45, 2.75) is 25.1 Å². The zero-order chi connectivity index (χ0) is 16.1. The van der Waals surface area contributed by atoms with Gasteiger partial charge in [-0.15, -0.1) is 0 Å². The summed E-state index contributed by atoms with van der Waals surface area (Å²) in [7, 11) is 1.47. The fourth-order valence-electron chi connectivity index (χ4n) is 1.70. The van der Waals surface area contributed by atoms with Crippen LogP contribution in [0.15, 0.2) is 24.3 Å². The number of methoxy groups -OCH3 is 1. The maximum Gasteiger partial charge on any atom is 0.417 e. The first-order valence-corrected chi connectivity index (χ1v) is 6.33. The first kappa shape index (κ1) is 17.5. The van der Waals surface area contributed by atoms with Crippen LogP contribution in [0.5, 0.6) is 0 Å². The van der Waals surface area contributed by atoms with E-state index in [9.17, 15) is 23.1 Å². The van der Waals surface area contributed by atoms with E-state index in [2.05, 4.69) is 5.32 Å². The van der Waals surface area contributed by atoms with Gasteiger partial charge in [-0.25, -0.2) is 0 Å². The Bertz CT molecular complexity index is 487. The molecule has 0 saturated heterocycles. The monoisotopic (exact) mass is 305 g/mol. The lowest BCUT2D eigenvalue weighted by atomic mass is 10.0. The number of benzene rings is 1. The number of halogens is 3. The van der Waals surface area contributed by atoms with E-state index in [4.69, 9.17) is 4.74 Å². The molecular weight excluding hydrogens is 287 g/mol. The van der Waals surface area contributed by atoms with Crippen LogP contribution in [0.2, 0.25) is 0 Å². The highest BCUT2D eigenvalue weighted by molar-refractivity contribution is 5.95. The summed E-state index contributed by atoms with van der Waals surface area (Å²) in [6.07, 6.45) is -4.35. The number of carbonyl (C=O) groups is 1. The zero-order valence-corrected chi connectivity index (χ0v) is 11.8. The molecule has 21 heavy (non-hydrogen) atoms. The molecule has 0 aliphatic heterocycles. The van der Waals surface area contributed by atoms with Crippen molar-refractivity contribution in [2.24, 2.45) is 0 Å². The molecule has 0 heterocycles. The minimum absolute atomic E-state index is 0.165. The quantitative estimate of drug-likeness (QED) is 0.847. The van der Waals surface area contributed by atoms with Gasteiger partial charge in [0, 0.05) is 26.7 Å². The molecule has 0 fully saturated rings. The highest BCUT2D eigenvalue weighted by Crippen LogP contribution is 2.31. The van der Waals surface area contributed by atoms with Gasteiger partial charge in [0.1, 0.15) is 0 Å². The Morgan fingerprint density at radius 3 is 2.52 bits per heavy atom. The maximum atomic E-state index is 12.8. The molecule has 0 radical (unpaired) electrons.